The van der Waals surface area contributed by atoms with Crippen LogP contribution in [0.1, 0.15) is 5.76 Å². The first-order valence-corrected chi connectivity index (χ1v) is 4.08. The summed E-state index contributed by atoms with van der Waals surface area (Å²) in [6.07, 6.45) is 0. The first-order chi connectivity index (χ1) is 6.93. The summed E-state index contributed by atoms with van der Waals surface area (Å²) in [4.78, 5) is 22.4. The zero-order valence-electron chi connectivity index (χ0n) is 8.39. The first kappa shape index (κ1) is 11.0. The molecule has 1 rings (SSSR count). The van der Waals surface area contributed by atoms with Crippen molar-refractivity contribution >= 4 is 17.4 Å². The minimum atomic E-state index is -0.670. The second kappa shape index (κ2) is 3.95. The lowest BCUT2D eigenvalue weighted by molar-refractivity contribution is -0.402. The van der Waals surface area contributed by atoms with E-state index >= 15 is 0 Å². The number of hydrogen-bond acceptors (Lipinski definition) is 4. The van der Waals surface area contributed by atoms with E-state index in [9.17, 15) is 14.9 Å². The molecule has 0 atom stereocenters. The van der Waals surface area contributed by atoms with Crippen molar-refractivity contribution in [1.82, 2.24) is 4.90 Å². The summed E-state index contributed by atoms with van der Waals surface area (Å²) >= 11 is 0. The van der Waals surface area contributed by atoms with Crippen molar-refractivity contribution in [2.75, 3.05) is 14.1 Å². The van der Waals surface area contributed by atoms with Gasteiger partial charge in [-0.25, -0.2) is 0 Å². The average molecular weight is 210 g/mol. The molecule has 0 aliphatic carbocycles. The molecule has 0 bridgehead atoms. The van der Waals surface area contributed by atoms with Crippen LogP contribution in [0.3, 0.4) is 0 Å². The number of likely N-dealkylation sites (N-methyl/N-ethyl adjacent to an activating group) is 1. The van der Waals surface area contributed by atoms with E-state index in [1.54, 1.807) is 14.1 Å². The topological polar surface area (TPSA) is 76.6 Å². The standard InChI is InChI=1S/C9H10N2O4/c1-6(9(12)10(2)3)7-4-5-8(15-7)11(13)14/h4-5H,1H2,2-3H3. The van der Waals surface area contributed by atoms with E-state index in [-0.39, 0.29) is 17.2 Å². The Labute approximate surface area is 85.9 Å². The summed E-state index contributed by atoms with van der Waals surface area (Å²) in [5, 5.41) is 10.3. The van der Waals surface area contributed by atoms with Gasteiger partial charge in [0.05, 0.1) is 11.6 Å². The van der Waals surface area contributed by atoms with E-state index in [4.69, 9.17) is 4.42 Å². The fourth-order valence-corrected chi connectivity index (χ4v) is 0.963. The van der Waals surface area contributed by atoms with E-state index in [1.807, 2.05) is 0 Å². The molecule has 15 heavy (non-hydrogen) atoms. The lowest BCUT2D eigenvalue weighted by Crippen LogP contribution is -2.22. The molecule has 0 aliphatic heterocycles. The van der Waals surface area contributed by atoms with Gasteiger partial charge in [-0.1, -0.05) is 6.58 Å². The van der Waals surface area contributed by atoms with Crippen LogP contribution < -0.4 is 0 Å². The van der Waals surface area contributed by atoms with Crippen molar-refractivity contribution in [2.45, 2.75) is 0 Å². The molecule has 0 spiro atoms. The summed E-state index contributed by atoms with van der Waals surface area (Å²) in [5.41, 5.74) is 0.0908. The van der Waals surface area contributed by atoms with Gasteiger partial charge >= 0.3 is 5.88 Å². The molecule has 0 aliphatic rings. The highest BCUT2D eigenvalue weighted by Crippen LogP contribution is 2.22. The highest BCUT2D eigenvalue weighted by Gasteiger charge is 2.18. The van der Waals surface area contributed by atoms with Crippen LogP contribution in [-0.2, 0) is 4.79 Å². The summed E-state index contributed by atoms with van der Waals surface area (Å²) in [7, 11) is 3.12. The molecule has 1 aromatic rings. The van der Waals surface area contributed by atoms with Crippen LogP contribution in [0.15, 0.2) is 23.1 Å². The Morgan fingerprint density at radius 2 is 2.13 bits per heavy atom. The van der Waals surface area contributed by atoms with Crippen LogP contribution >= 0.6 is 0 Å². The molecule has 0 saturated carbocycles. The van der Waals surface area contributed by atoms with Gasteiger partial charge in [0, 0.05) is 14.1 Å². The summed E-state index contributed by atoms with van der Waals surface area (Å²) in [5.74, 6) is -0.641. The van der Waals surface area contributed by atoms with E-state index in [2.05, 4.69) is 6.58 Å². The summed E-state index contributed by atoms with van der Waals surface area (Å²) in [6.45, 7) is 3.51. The molecular formula is C9H10N2O4. The third kappa shape index (κ3) is 2.22. The van der Waals surface area contributed by atoms with Crippen molar-refractivity contribution < 1.29 is 14.1 Å². The number of carbonyl (C=O) groups is 1. The largest absolute Gasteiger partial charge is 0.433 e. The van der Waals surface area contributed by atoms with Gasteiger partial charge in [0.25, 0.3) is 5.91 Å². The molecule has 6 nitrogen and oxygen atoms in total. The van der Waals surface area contributed by atoms with Crippen molar-refractivity contribution in [3.05, 3.63) is 34.6 Å². The number of rotatable bonds is 3. The molecule has 0 unspecified atom stereocenters. The van der Waals surface area contributed by atoms with Crippen LogP contribution in [0, 0.1) is 10.1 Å². The van der Waals surface area contributed by atoms with Crippen molar-refractivity contribution in [3.63, 3.8) is 0 Å². The normalized spacial score (nSPS) is 9.73. The predicted molar refractivity (Wildman–Crippen MR) is 53.1 cm³/mol. The lowest BCUT2D eigenvalue weighted by atomic mass is 10.2. The Kier molecular flexibility index (Phi) is 2.89. The van der Waals surface area contributed by atoms with Gasteiger partial charge in [0.1, 0.15) is 10.7 Å². The zero-order valence-corrected chi connectivity index (χ0v) is 8.39. The molecule has 0 saturated heterocycles. The molecule has 1 heterocycles. The molecule has 0 N–H and O–H groups in total. The van der Waals surface area contributed by atoms with Crippen molar-refractivity contribution in [2.24, 2.45) is 0 Å². The number of hydrogen-bond donors (Lipinski definition) is 0. The predicted octanol–water partition coefficient (Wildman–Crippen LogP) is 1.29. The third-order valence-corrected chi connectivity index (χ3v) is 1.73. The molecule has 0 aromatic carbocycles. The van der Waals surface area contributed by atoms with E-state index in [1.165, 1.54) is 17.0 Å². The lowest BCUT2D eigenvalue weighted by Gasteiger charge is -2.09. The molecule has 80 valence electrons. The maximum Gasteiger partial charge on any atom is 0.433 e. The number of nitrogens with zero attached hydrogens (tertiary/aromatic N) is 2. The molecule has 0 fully saturated rings. The summed E-state index contributed by atoms with van der Waals surface area (Å²) in [6, 6.07) is 2.53. The Morgan fingerprint density at radius 1 is 1.53 bits per heavy atom. The fraction of sp³-hybridized carbons (Fsp3) is 0.222. The Bertz CT molecular complexity index is 420. The molecule has 1 amide bonds. The van der Waals surface area contributed by atoms with Gasteiger partial charge in [-0.15, -0.1) is 0 Å². The number of amides is 1. The molecule has 1 aromatic heterocycles. The van der Waals surface area contributed by atoms with E-state index < -0.39 is 10.8 Å². The van der Waals surface area contributed by atoms with Crippen LogP contribution in [0.4, 0.5) is 5.88 Å². The number of carbonyl (C=O) groups excluding carboxylic acids is 1. The van der Waals surface area contributed by atoms with Crippen LogP contribution in [0.25, 0.3) is 5.57 Å². The van der Waals surface area contributed by atoms with E-state index in [0.29, 0.717) is 0 Å². The monoisotopic (exact) mass is 210 g/mol. The second-order valence-electron chi connectivity index (χ2n) is 3.07. The minimum Gasteiger partial charge on any atom is -0.400 e. The Balaban J connectivity index is 2.93. The Morgan fingerprint density at radius 3 is 2.53 bits per heavy atom. The Hall–Kier alpha value is -2.11. The van der Waals surface area contributed by atoms with Gasteiger partial charge in [-0.3, -0.25) is 14.9 Å². The number of furan rings is 1. The van der Waals surface area contributed by atoms with Crippen molar-refractivity contribution in [1.29, 1.82) is 0 Å². The van der Waals surface area contributed by atoms with Crippen molar-refractivity contribution in [3.8, 4) is 0 Å². The highest BCUT2D eigenvalue weighted by atomic mass is 16.6. The zero-order chi connectivity index (χ0) is 11.6. The van der Waals surface area contributed by atoms with Gasteiger partial charge < -0.3 is 9.32 Å². The molecular weight excluding hydrogens is 200 g/mol. The smallest absolute Gasteiger partial charge is 0.400 e. The van der Waals surface area contributed by atoms with Gasteiger partial charge in [0.2, 0.25) is 0 Å². The van der Waals surface area contributed by atoms with Gasteiger partial charge in [-0.2, -0.15) is 0 Å². The maximum absolute atomic E-state index is 11.4. The van der Waals surface area contributed by atoms with E-state index in [0.717, 1.165) is 0 Å². The molecule has 6 heteroatoms. The van der Waals surface area contributed by atoms with Gasteiger partial charge in [-0.05, 0) is 6.07 Å². The fourth-order valence-electron chi connectivity index (χ4n) is 0.963. The maximum atomic E-state index is 11.4. The SMILES string of the molecule is C=C(C(=O)N(C)C)c1ccc([N+](=O)[O-])o1. The quantitative estimate of drug-likeness (QED) is 0.428. The number of nitro groups is 1. The van der Waals surface area contributed by atoms with Crippen LogP contribution in [0.2, 0.25) is 0 Å². The average Bonchev–Trinajstić information content (AvgIpc) is 2.64. The van der Waals surface area contributed by atoms with Gasteiger partial charge in [0.15, 0.2) is 0 Å². The molecule has 0 radical (unpaired) electrons. The second-order valence-corrected chi connectivity index (χ2v) is 3.07. The third-order valence-electron chi connectivity index (χ3n) is 1.73. The van der Waals surface area contributed by atoms with Crippen LogP contribution in [-0.4, -0.2) is 29.8 Å². The minimum absolute atomic E-state index is 0.0908. The van der Waals surface area contributed by atoms with Crippen LogP contribution in [0.5, 0.6) is 0 Å². The first-order valence-electron chi connectivity index (χ1n) is 4.08. The highest BCUT2D eigenvalue weighted by molar-refractivity contribution is 6.17. The summed E-state index contributed by atoms with van der Waals surface area (Å²) < 4.78 is 4.83.